The smallest absolute Gasteiger partial charge is 0.248 e. The van der Waals surface area contributed by atoms with Gasteiger partial charge >= 0.3 is 0 Å². The van der Waals surface area contributed by atoms with Crippen molar-refractivity contribution in [1.29, 1.82) is 0 Å². The molecule has 0 atom stereocenters. The van der Waals surface area contributed by atoms with E-state index in [0.717, 1.165) is 30.3 Å². The number of fused-ring (bicyclic) bond motifs is 1. The minimum atomic E-state index is 0.0413. The fraction of sp³-hybridized carbons (Fsp3) is 0.500. The summed E-state index contributed by atoms with van der Waals surface area (Å²) in [7, 11) is 0. The van der Waals surface area contributed by atoms with Crippen LogP contribution in [0.25, 0.3) is 11.0 Å². The predicted molar refractivity (Wildman–Crippen MR) is 89.9 cm³/mol. The first kappa shape index (κ1) is 16.4. The summed E-state index contributed by atoms with van der Waals surface area (Å²) in [6, 6.07) is 7.57. The lowest BCUT2D eigenvalue weighted by molar-refractivity contribution is 0.0886. The first-order valence-corrected chi connectivity index (χ1v) is 8.31. The second-order valence-electron chi connectivity index (χ2n) is 5.57. The summed E-state index contributed by atoms with van der Waals surface area (Å²) in [6.07, 6.45) is 13.1. The van der Waals surface area contributed by atoms with E-state index in [1.165, 1.54) is 30.4 Å². The van der Waals surface area contributed by atoms with Crippen molar-refractivity contribution in [1.82, 2.24) is 15.0 Å². The maximum Gasteiger partial charge on any atom is 0.248 e. The number of carbonyl (C=O) groups excluding carboxylic acids is 1. The molecule has 2 aromatic rings. The number of nitrogens with zero attached hydrogens (tertiary/aromatic N) is 3. The van der Waals surface area contributed by atoms with Gasteiger partial charge in [-0.1, -0.05) is 55.7 Å². The highest BCUT2D eigenvalue weighted by Crippen LogP contribution is 2.12. The van der Waals surface area contributed by atoms with Crippen molar-refractivity contribution in [2.24, 2.45) is 0 Å². The molecule has 0 bridgehead atoms. The largest absolute Gasteiger partial charge is 0.273 e. The van der Waals surface area contributed by atoms with Crippen LogP contribution in [-0.4, -0.2) is 20.9 Å². The molecule has 1 aromatic carbocycles. The van der Waals surface area contributed by atoms with Gasteiger partial charge in [0.05, 0.1) is 5.52 Å². The Hall–Kier alpha value is -1.97. The van der Waals surface area contributed by atoms with Crippen LogP contribution in [0.5, 0.6) is 0 Å². The summed E-state index contributed by atoms with van der Waals surface area (Å²) in [5.74, 6) is 0.0413. The van der Waals surface area contributed by atoms with Crippen molar-refractivity contribution in [2.75, 3.05) is 0 Å². The standard InChI is InChI=1S/C18H25N3O/c1-2-3-4-5-6-7-8-9-10-15-18(22)21-17-14-12-11-13-16(17)19-20-21/h3-4,11-14H,2,5-10,15H2,1H3/b4-3+. The highest BCUT2D eigenvalue weighted by Gasteiger charge is 2.10. The quantitative estimate of drug-likeness (QED) is 0.495. The minimum absolute atomic E-state index is 0.0413. The van der Waals surface area contributed by atoms with E-state index in [1.807, 2.05) is 24.3 Å². The van der Waals surface area contributed by atoms with Gasteiger partial charge in [0, 0.05) is 6.42 Å². The van der Waals surface area contributed by atoms with Gasteiger partial charge in [0.25, 0.3) is 0 Å². The van der Waals surface area contributed by atoms with Crippen molar-refractivity contribution >= 4 is 16.9 Å². The maximum absolute atomic E-state index is 12.2. The first-order valence-electron chi connectivity index (χ1n) is 8.31. The maximum atomic E-state index is 12.2. The third kappa shape index (κ3) is 4.79. The Morgan fingerprint density at radius 2 is 1.86 bits per heavy atom. The molecule has 0 spiro atoms. The van der Waals surface area contributed by atoms with E-state index in [4.69, 9.17) is 0 Å². The van der Waals surface area contributed by atoms with Crippen LogP contribution in [0, 0.1) is 0 Å². The predicted octanol–water partition coefficient (Wildman–Crippen LogP) is 4.77. The Bertz CT molecular complexity index is 616. The molecule has 1 aromatic heterocycles. The molecule has 0 aliphatic carbocycles. The van der Waals surface area contributed by atoms with E-state index < -0.39 is 0 Å². The lowest BCUT2D eigenvalue weighted by Gasteiger charge is -2.02. The molecule has 0 amide bonds. The fourth-order valence-electron chi connectivity index (χ4n) is 2.51. The second-order valence-corrected chi connectivity index (χ2v) is 5.57. The van der Waals surface area contributed by atoms with Crippen LogP contribution in [0.1, 0.15) is 63.1 Å². The molecule has 0 fully saturated rings. The Labute approximate surface area is 132 Å². The van der Waals surface area contributed by atoms with E-state index >= 15 is 0 Å². The Morgan fingerprint density at radius 3 is 2.73 bits per heavy atom. The van der Waals surface area contributed by atoms with Crippen LogP contribution in [0.4, 0.5) is 0 Å². The zero-order valence-electron chi connectivity index (χ0n) is 13.4. The van der Waals surface area contributed by atoms with Crippen LogP contribution >= 0.6 is 0 Å². The highest BCUT2D eigenvalue weighted by atomic mass is 16.2. The van der Waals surface area contributed by atoms with Gasteiger partial charge in [-0.3, -0.25) is 4.79 Å². The molecule has 0 N–H and O–H groups in total. The molecule has 2 rings (SSSR count). The molecule has 4 heteroatoms. The first-order chi connectivity index (χ1) is 10.8. The molecular weight excluding hydrogens is 274 g/mol. The van der Waals surface area contributed by atoms with Crippen molar-refractivity contribution in [3.63, 3.8) is 0 Å². The molecule has 0 unspecified atom stereocenters. The Morgan fingerprint density at radius 1 is 1.09 bits per heavy atom. The van der Waals surface area contributed by atoms with E-state index in [2.05, 4.69) is 29.4 Å². The second kappa shape index (κ2) is 9.13. The molecule has 4 nitrogen and oxygen atoms in total. The number of hydrogen-bond acceptors (Lipinski definition) is 3. The fourth-order valence-corrected chi connectivity index (χ4v) is 2.51. The average molecular weight is 299 g/mol. The van der Waals surface area contributed by atoms with Gasteiger partial charge in [0.15, 0.2) is 0 Å². The number of carbonyl (C=O) groups is 1. The molecule has 0 saturated heterocycles. The number of rotatable bonds is 9. The van der Waals surface area contributed by atoms with Gasteiger partial charge in [0.2, 0.25) is 5.91 Å². The van der Waals surface area contributed by atoms with Gasteiger partial charge in [-0.2, -0.15) is 4.68 Å². The lowest BCUT2D eigenvalue weighted by atomic mass is 10.1. The van der Waals surface area contributed by atoms with Crippen molar-refractivity contribution in [2.45, 2.75) is 58.3 Å². The Kier molecular flexibility index (Phi) is 6.81. The summed E-state index contributed by atoms with van der Waals surface area (Å²) in [6.45, 7) is 2.16. The van der Waals surface area contributed by atoms with Gasteiger partial charge in [-0.25, -0.2) is 0 Å². The van der Waals surface area contributed by atoms with E-state index in [9.17, 15) is 4.79 Å². The van der Waals surface area contributed by atoms with Gasteiger partial charge in [-0.05, 0) is 37.8 Å². The normalized spacial score (nSPS) is 11.5. The van der Waals surface area contributed by atoms with Crippen LogP contribution in [0.3, 0.4) is 0 Å². The number of aromatic nitrogens is 3. The molecule has 0 aliphatic rings. The molecule has 1 heterocycles. The average Bonchev–Trinajstić information content (AvgIpc) is 2.97. The molecule has 22 heavy (non-hydrogen) atoms. The molecule has 118 valence electrons. The number of hydrogen-bond donors (Lipinski definition) is 0. The molecule has 0 saturated carbocycles. The monoisotopic (exact) mass is 299 g/mol. The van der Waals surface area contributed by atoms with Crippen LogP contribution in [-0.2, 0) is 0 Å². The number of allylic oxidation sites excluding steroid dienone is 2. The van der Waals surface area contributed by atoms with Gasteiger partial charge in [-0.15, -0.1) is 5.10 Å². The van der Waals surface area contributed by atoms with E-state index in [0.29, 0.717) is 6.42 Å². The van der Waals surface area contributed by atoms with Crippen molar-refractivity contribution in [3.05, 3.63) is 36.4 Å². The minimum Gasteiger partial charge on any atom is -0.273 e. The van der Waals surface area contributed by atoms with Crippen LogP contribution in [0.15, 0.2) is 36.4 Å². The third-order valence-corrected chi connectivity index (χ3v) is 3.75. The number of benzene rings is 1. The zero-order chi connectivity index (χ0) is 15.6. The molecule has 0 aliphatic heterocycles. The Balaban J connectivity index is 1.65. The van der Waals surface area contributed by atoms with E-state index in [-0.39, 0.29) is 5.91 Å². The molecular formula is C18H25N3O. The lowest BCUT2D eigenvalue weighted by Crippen LogP contribution is -2.12. The summed E-state index contributed by atoms with van der Waals surface area (Å²) in [5.41, 5.74) is 1.58. The SMILES string of the molecule is CC/C=C/CCCCCCCC(=O)n1nnc2ccccc21. The van der Waals surface area contributed by atoms with Crippen LogP contribution < -0.4 is 0 Å². The zero-order valence-corrected chi connectivity index (χ0v) is 13.4. The van der Waals surface area contributed by atoms with Crippen molar-refractivity contribution < 1.29 is 4.79 Å². The summed E-state index contributed by atoms with van der Waals surface area (Å²) in [4.78, 5) is 12.2. The van der Waals surface area contributed by atoms with Crippen LogP contribution in [0.2, 0.25) is 0 Å². The highest BCUT2D eigenvalue weighted by molar-refractivity contribution is 5.88. The van der Waals surface area contributed by atoms with E-state index in [1.54, 1.807) is 0 Å². The summed E-state index contributed by atoms with van der Waals surface area (Å²) in [5, 5.41) is 7.98. The third-order valence-electron chi connectivity index (χ3n) is 3.75. The topological polar surface area (TPSA) is 47.8 Å². The number of unbranched alkanes of at least 4 members (excludes halogenated alkanes) is 5. The molecule has 0 radical (unpaired) electrons. The van der Waals surface area contributed by atoms with Gasteiger partial charge in [0.1, 0.15) is 5.52 Å². The number of para-hydroxylation sites is 1. The summed E-state index contributed by atoms with van der Waals surface area (Å²) < 4.78 is 1.44. The van der Waals surface area contributed by atoms with Gasteiger partial charge < -0.3 is 0 Å². The van der Waals surface area contributed by atoms with Crippen molar-refractivity contribution in [3.8, 4) is 0 Å². The summed E-state index contributed by atoms with van der Waals surface area (Å²) >= 11 is 0.